The van der Waals surface area contributed by atoms with Crippen LogP contribution in [0.25, 0.3) is 11.1 Å². The summed E-state index contributed by atoms with van der Waals surface area (Å²) in [6, 6.07) is 11.4. The van der Waals surface area contributed by atoms with Crippen molar-refractivity contribution in [2.45, 2.75) is 77.3 Å². The highest BCUT2D eigenvalue weighted by molar-refractivity contribution is 5.99. The van der Waals surface area contributed by atoms with Gasteiger partial charge in [-0.2, -0.15) is 0 Å². The number of nitrogens with zero attached hydrogens (tertiary/aromatic N) is 2. The zero-order valence-electron chi connectivity index (χ0n) is 24.1. The summed E-state index contributed by atoms with van der Waals surface area (Å²) in [6.45, 7) is 6.55. The van der Waals surface area contributed by atoms with E-state index in [0.717, 1.165) is 29.5 Å². The van der Waals surface area contributed by atoms with E-state index in [1.165, 1.54) is 25.7 Å². The van der Waals surface area contributed by atoms with Crippen LogP contribution in [-0.2, 0) is 16.0 Å². The van der Waals surface area contributed by atoms with Crippen LogP contribution in [0.5, 0.6) is 17.2 Å². The van der Waals surface area contributed by atoms with Crippen LogP contribution in [0.4, 0.5) is 0 Å². The van der Waals surface area contributed by atoms with Gasteiger partial charge in [0.15, 0.2) is 11.5 Å². The number of benzene rings is 2. The van der Waals surface area contributed by atoms with E-state index in [2.05, 4.69) is 6.92 Å². The summed E-state index contributed by atoms with van der Waals surface area (Å²) >= 11 is 0. The highest BCUT2D eigenvalue weighted by atomic mass is 16.5. The highest BCUT2D eigenvalue weighted by Gasteiger charge is 2.49. The quantitative estimate of drug-likeness (QED) is 0.313. The Morgan fingerprint density at radius 2 is 1.39 bits per heavy atom. The first-order chi connectivity index (χ1) is 18.2. The van der Waals surface area contributed by atoms with Crippen molar-refractivity contribution < 1.29 is 23.8 Å². The number of ether oxygens (including phenoxy) is 3. The molecule has 0 aromatic heterocycles. The Hall–Kier alpha value is -3.22. The maximum Gasteiger partial charge on any atom is 0.248 e. The Kier molecular flexibility index (Phi) is 10.1. The van der Waals surface area contributed by atoms with Crippen LogP contribution in [-0.4, -0.2) is 68.1 Å². The number of carbonyl (C=O) groups excluding carboxylic acids is 2. The molecule has 0 spiro atoms. The zero-order chi connectivity index (χ0) is 27.9. The second-order valence-corrected chi connectivity index (χ2v) is 10.6. The fourth-order valence-corrected chi connectivity index (χ4v) is 5.28. The molecule has 1 saturated heterocycles. The van der Waals surface area contributed by atoms with Crippen LogP contribution in [0.2, 0.25) is 0 Å². The number of rotatable bonds is 13. The van der Waals surface area contributed by atoms with Gasteiger partial charge in [-0.15, -0.1) is 0 Å². The van der Waals surface area contributed by atoms with Crippen molar-refractivity contribution in [3.05, 3.63) is 42.0 Å². The van der Waals surface area contributed by atoms with E-state index >= 15 is 0 Å². The van der Waals surface area contributed by atoms with Crippen LogP contribution in [0, 0.1) is 0 Å². The summed E-state index contributed by atoms with van der Waals surface area (Å²) in [5.41, 5.74) is 2.08. The Morgan fingerprint density at radius 1 is 0.816 bits per heavy atom. The van der Waals surface area contributed by atoms with E-state index < -0.39 is 11.6 Å². The number of unbranched alkanes of at least 4 members (excludes halogenated alkanes) is 5. The number of piperazine rings is 1. The fraction of sp³-hybridized carbons (Fsp3) is 0.548. The van der Waals surface area contributed by atoms with Crippen molar-refractivity contribution in [2.24, 2.45) is 0 Å². The van der Waals surface area contributed by atoms with Gasteiger partial charge in [0, 0.05) is 20.0 Å². The number of hydrogen-bond acceptors (Lipinski definition) is 5. The lowest BCUT2D eigenvalue weighted by Crippen LogP contribution is -2.69. The molecule has 1 unspecified atom stereocenters. The molecule has 7 nitrogen and oxygen atoms in total. The van der Waals surface area contributed by atoms with Gasteiger partial charge in [-0.25, -0.2) is 0 Å². The summed E-state index contributed by atoms with van der Waals surface area (Å²) in [4.78, 5) is 30.4. The minimum Gasteiger partial charge on any atom is -0.493 e. The van der Waals surface area contributed by atoms with E-state index in [0.29, 0.717) is 30.2 Å². The van der Waals surface area contributed by atoms with E-state index in [1.54, 1.807) is 33.3 Å². The van der Waals surface area contributed by atoms with Crippen molar-refractivity contribution in [1.82, 2.24) is 9.80 Å². The SMILES string of the molecule is CCCCCCCCN1C(=O)C(Cc2ccc(-c3cc(OC)c(OC)c(OC)c3)cc2)N(C)C(=O)C1(C)C. The van der Waals surface area contributed by atoms with Gasteiger partial charge >= 0.3 is 0 Å². The van der Waals surface area contributed by atoms with Crippen LogP contribution < -0.4 is 14.2 Å². The van der Waals surface area contributed by atoms with Crippen molar-refractivity contribution in [3.63, 3.8) is 0 Å². The largest absolute Gasteiger partial charge is 0.493 e. The van der Waals surface area contributed by atoms with Gasteiger partial charge in [-0.1, -0.05) is 63.3 Å². The van der Waals surface area contributed by atoms with Crippen molar-refractivity contribution in [2.75, 3.05) is 34.9 Å². The summed E-state index contributed by atoms with van der Waals surface area (Å²) < 4.78 is 16.4. The molecular formula is C31H44N2O5. The average Bonchev–Trinajstić information content (AvgIpc) is 2.93. The molecule has 208 valence electrons. The molecule has 2 amide bonds. The normalized spacial score (nSPS) is 17.1. The van der Waals surface area contributed by atoms with E-state index in [1.807, 2.05) is 55.1 Å². The number of likely N-dealkylation sites (N-methyl/N-ethyl adjacent to an activating group) is 1. The Labute approximate surface area is 228 Å². The maximum atomic E-state index is 13.6. The molecule has 3 rings (SSSR count). The predicted octanol–water partition coefficient (Wildman–Crippen LogP) is 5.73. The monoisotopic (exact) mass is 524 g/mol. The molecule has 1 atom stereocenters. The fourth-order valence-electron chi connectivity index (χ4n) is 5.28. The van der Waals surface area contributed by atoms with Crippen molar-refractivity contribution >= 4 is 11.8 Å². The second kappa shape index (κ2) is 13.0. The summed E-state index contributed by atoms with van der Waals surface area (Å²) in [5.74, 6) is 1.74. The summed E-state index contributed by atoms with van der Waals surface area (Å²) in [5, 5.41) is 0. The van der Waals surface area contributed by atoms with E-state index in [-0.39, 0.29) is 11.8 Å². The lowest BCUT2D eigenvalue weighted by molar-refractivity contribution is -0.166. The molecule has 38 heavy (non-hydrogen) atoms. The molecule has 0 bridgehead atoms. The summed E-state index contributed by atoms with van der Waals surface area (Å²) in [7, 11) is 6.53. The molecule has 0 N–H and O–H groups in total. The molecular weight excluding hydrogens is 480 g/mol. The third kappa shape index (κ3) is 6.25. The van der Waals surface area contributed by atoms with Crippen LogP contribution >= 0.6 is 0 Å². The first-order valence-corrected chi connectivity index (χ1v) is 13.7. The van der Waals surface area contributed by atoms with Crippen molar-refractivity contribution in [1.29, 1.82) is 0 Å². The molecule has 0 radical (unpaired) electrons. The van der Waals surface area contributed by atoms with E-state index in [9.17, 15) is 9.59 Å². The molecule has 1 aliphatic rings. The smallest absolute Gasteiger partial charge is 0.248 e. The lowest BCUT2D eigenvalue weighted by atomic mass is 9.90. The third-order valence-electron chi connectivity index (χ3n) is 7.65. The molecule has 2 aromatic rings. The molecule has 2 aromatic carbocycles. The molecule has 1 fully saturated rings. The highest BCUT2D eigenvalue weighted by Crippen LogP contribution is 2.41. The number of carbonyl (C=O) groups is 2. The second-order valence-electron chi connectivity index (χ2n) is 10.6. The predicted molar refractivity (Wildman–Crippen MR) is 151 cm³/mol. The van der Waals surface area contributed by atoms with Gasteiger partial charge in [-0.3, -0.25) is 9.59 Å². The molecule has 7 heteroatoms. The third-order valence-corrected chi connectivity index (χ3v) is 7.65. The van der Waals surface area contributed by atoms with Gasteiger partial charge in [0.1, 0.15) is 11.6 Å². The van der Waals surface area contributed by atoms with Gasteiger partial charge in [0.05, 0.1) is 21.3 Å². The van der Waals surface area contributed by atoms with Gasteiger partial charge in [-0.05, 0) is 49.1 Å². The minimum absolute atomic E-state index is 0.0119. The van der Waals surface area contributed by atoms with Crippen LogP contribution in [0.1, 0.15) is 64.9 Å². The van der Waals surface area contributed by atoms with Crippen LogP contribution in [0.3, 0.4) is 0 Å². The van der Waals surface area contributed by atoms with Crippen molar-refractivity contribution in [3.8, 4) is 28.4 Å². The lowest BCUT2D eigenvalue weighted by Gasteiger charge is -2.48. The number of methoxy groups -OCH3 is 3. The standard InChI is InChI=1S/C31H44N2O5/c1-8-9-10-11-12-13-18-33-29(34)25(32(4)30(35)31(33,2)3)19-22-14-16-23(17-15-22)24-20-26(36-5)28(38-7)27(21-24)37-6/h14-17,20-21,25H,8-13,18-19H2,1-7H3. The van der Waals surface area contributed by atoms with Gasteiger partial charge in [0.2, 0.25) is 17.6 Å². The van der Waals surface area contributed by atoms with Gasteiger partial charge < -0.3 is 24.0 Å². The Morgan fingerprint density at radius 3 is 1.95 bits per heavy atom. The maximum absolute atomic E-state index is 13.6. The molecule has 1 heterocycles. The Balaban J connectivity index is 1.76. The topological polar surface area (TPSA) is 68.3 Å². The number of hydrogen-bond donors (Lipinski definition) is 0. The van der Waals surface area contributed by atoms with E-state index in [4.69, 9.17) is 14.2 Å². The first-order valence-electron chi connectivity index (χ1n) is 13.7. The molecule has 1 aliphatic heterocycles. The van der Waals surface area contributed by atoms with Crippen LogP contribution in [0.15, 0.2) is 36.4 Å². The number of amides is 2. The van der Waals surface area contributed by atoms with Gasteiger partial charge in [0.25, 0.3) is 0 Å². The Bertz CT molecular complexity index is 1070. The summed E-state index contributed by atoms with van der Waals surface area (Å²) in [6.07, 6.45) is 7.33. The minimum atomic E-state index is -0.831. The average molecular weight is 525 g/mol. The molecule has 0 saturated carbocycles. The first kappa shape index (κ1) is 29.3. The zero-order valence-corrected chi connectivity index (χ0v) is 24.1. The molecule has 0 aliphatic carbocycles.